The molecule has 0 heterocycles. The molecular formula is C14H28N2O4. The summed E-state index contributed by atoms with van der Waals surface area (Å²) in [6.45, 7) is 8.66. The van der Waals surface area contributed by atoms with Crippen molar-refractivity contribution >= 4 is 12.0 Å². The Hall–Kier alpha value is -1.30. The fraction of sp³-hybridized carbons (Fsp3) is 0.857. The van der Waals surface area contributed by atoms with E-state index < -0.39 is 12.0 Å². The summed E-state index contributed by atoms with van der Waals surface area (Å²) in [6, 6.07) is -1.15. The maximum atomic E-state index is 12.2. The number of ether oxygens (including phenoxy) is 1. The van der Waals surface area contributed by atoms with Crippen molar-refractivity contribution < 1.29 is 19.4 Å². The summed E-state index contributed by atoms with van der Waals surface area (Å²) in [5.41, 5.74) is 0. The molecule has 0 saturated heterocycles. The number of urea groups is 1. The Morgan fingerprint density at radius 1 is 1.30 bits per heavy atom. The molecule has 0 aliphatic heterocycles. The van der Waals surface area contributed by atoms with Crippen LogP contribution in [-0.4, -0.2) is 54.4 Å². The van der Waals surface area contributed by atoms with Crippen LogP contribution in [0.3, 0.4) is 0 Å². The molecular weight excluding hydrogens is 260 g/mol. The summed E-state index contributed by atoms with van der Waals surface area (Å²) < 4.78 is 5.00. The highest BCUT2D eigenvalue weighted by Crippen LogP contribution is 2.08. The molecule has 0 spiro atoms. The highest BCUT2D eigenvalue weighted by Gasteiger charge is 2.25. The Balaban J connectivity index is 4.73. The van der Waals surface area contributed by atoms with Gasteiger partial charge in [-0.25, -0.2) is 9.59 Å². The second-order valence-electron chi connectivity index (χ2n) is 5.41. The molecule has 118 valence electrons. The van der Waals surface area contributed by atoms with Gasteiger partial charge in [-0.05, 0) is 25.7 Å². The molecule has 2 unspecified atom stereocenters. The molecule has 6 heteroatoms. The SMILES string of the molecule is CCC(C)N(CCOC)C(=O)NC(CC(C)C)C(=O)O. The van der Waals surface area contributed by atoms with Crippen LogP contribution in [0, 0.1) is 5.92 Å². The number of nitrogens with zero attached hydrogens (tertiary/aromatic N) is 1. The van der Waals surface area contributed by atoms with Gasteiger partial charge in [-0.2, -0.15) is 0 Å². The normalized spacial score (nSPS) is 13.9. The average molecular weight is 288 g/mol. The van der Waals surface area contributed by atoms with Crippen LogP contribution >= 0.6 is 0 Å². The van der Waals surface area contributed by atoms with Crippen LogP contribution < -0.4 is 5.32 Å². The van der Waals surface area contributed by atoms with Crippen molar-refractivity contribution in [1.82, 2.24) is 10.2 Å². The van der Waals surface area contributed by atoms with Crippen molar-refractivity contribution in [2.24, 2.45) is 5.92 Å². The summed E-state index contributed by atoms with van der Waals surface area (Å²) in [5, 5.41) is 11.8. The van der Waals surface area contributed by atoms with Gasteiger partial charge in [-0.3, -0.25) is 0 Å². The van der Waals surface area contributed by atoms with Crippen LogP contribution in [0.2, 0.25) is 0 Å². The fourth-order valence-electron chi connectivity index (χ4n) is 1.86. The number of aliphatic carboxylic acids is 1. The molecule has 0 aliphatic carbocycles. The maximum absolute atomic E-state index is 12.2. The number of carboxylic acids is 1. The van der Waals surface area contributed by atoms with E-state index in [1.807, 2.05) is 27.7 Å². The third-order valence-electron chi connectivity index (χ3n) is 3.22. The van der Waals surface area contributed by atoms with Gasteiger partial charge in [-0.1, -0.05) is 20.8 Å². The lowest BCUT2D eigenvalue weighted by molar-refractivity contribution is -0.139. The number of carboxylic acid groups (broad SMARTS) is 1. The molecule has 6 nitrogen and oxygen atoms in total. The second-order valence-corrected chi connectivity index (χ2v) is 5.41. The van der Waals surface area contributed by atoms with Crippen molar-refractivity contribution in [2.45, 2.75) is 52.6 Å². The summed E-state index contributed by atoms with van der Waals surface area (Å²) in [6.07, 6.45) is 1.22. The minimum atomic E-state index is -0.997. The van der Waals surface area contributed by atoms with Gasteiger partial charge in [0.05, 0.1) is 6.61 Å². The lowest BCUT2D eigenvalue weighted by Gasteiger charge is -2.30. The number of hydrogen-bond acceptors (Lipinski definition) is 3. The van der Waals surface area contributed by atoms with Crippen LogP contribution in [-0.2, 0) is 9.53 Å². The maximum Gasteiger partial charge on any atom is 0.326 e. The first-order chi connectivity index (χ1) is 9.33. The van der Waals surface area contributed by atoms with Crippen molar-refractivity contribution in [1.29, 1.82) is 0 Å². The van der Waals surface area contributed by atoms with E-state index in [1.165, 1.54) is 0 Å². The number of carbonyl (C=O) groups is 2. The first kappa shape index (κ1) is 18.7. The number of carbonyl (C=O) groups excluding carboxylic acids is 1. The molecule has 0 bridgehead atoms. The standard InChI is InChI=1S/C14H28N2O4/c1-6-11(4)16(7-8-20-5)14(19)15-12(13(17)18)9-10(2)3/h10-12H,6-9H2,1-5H3,(H,15,19)(H,17,18). The molecule has 0 rings (SSSR count). The molecule has 2 N–H and O–H groups in total. The zero-order valence-electron chi connectivity index (χ0n) is 13.2. The predicted octanol–water partition coefficient (Wildman–Crippen LogP) is 1.94. The largest absolute Gasteiger partial charge is 0.480 e. The second kappa shape index (κ2) is 9.58. The van der Waals surface area contributed by atoms with Crippen LogP contribution in [0.25, 0.3) is 0 Å². The third kappa shape index (κ3) is 6.75. The zero-order chi connectivity index (χ0) is 15.7. The first-order valence-corrected chi connectivity index (χ1v) is 7.12. The number of nitrogens with one attached hydrogen (secondary N) is 1. The zero-order valence-corrected chi connectivity index (χ0v) is 13.2. The quantitative estimate of drug-likeness (QED) is 0.679. The number of rotatable bonds is 9. The van der Waals surface area contributed by atoms with Gasteiger partial charge in [-0.15, -0.1) is 0 Å². The Morgan fingerprint density at radius 2 is 1.90 bits per heavy atom. The Bertz CT molecular complexity index is 308. The molecule has 2 amide bonds. The Morgan fingerprint density at radius 3 is 2.30 bits per heavy atom. The minimum Gasteiger partial charge on any atom is -0.480 e. The Kier molecular flexibility index (Phi) is 8.96. The fourth-order valence-corrected chi connectivity index (χ4v) is 1.86. The average Bonchev–Trinajstić information content (AvgIpc) is 2.37. The van der Waals surface area contributed by atoms with Crippen LogP contribution in [0.4, 0.5) is 4.79 Å². The highest BCUT2D eigenvalue weighted by molar-refractivity contribution is 5.82. The molecule has 0 aromatic heterocycles. The lowest BCUT2D eigenvalue weighted by atomic mass is 10.0. The monoisotopic (exact) mass is 288 g/mol. The van der Waals surface area contributed by atoms with E-state index in [4.69, 9.17) is 9.84 Å². The molecule has 20 heavy (non-hydrogen) atoms. The molecule has 0 aliphatic rings. The van der Waals surface area contributed by atoms with E-state index in [-0.39, 0.29) is 18.0 Å². The van der Waals surface area contributed by atoms with Gasteiger partial charge >= 0.3 is 12.0 Å². The highest BCUT2D eigenvalue weighted by atomic mass is 16.5. The lowest BCUT2D eigenvalue weighted by Crippen LogP contribution is -2.51. The molecule has 0 saturated carbocycles. The number of methoxy groups -OCH3 is 1. The van der Waals surface area contributed by atoms with Crippen molar-refractivity contribution in [3.05, 3.63) is 0 Å². The smallest absolute Gasteiger partial charge is 0.326 e. The van der Waals surface area contributed by atoms with Crippen molar-refractivity contribution in [3.8, 4) is 0 Å². The van der Waals surface area contributed by atoms with E-state index in [0.29, 0.717) is 19.6 Å². The molecule has 2 atom stereocenters. The summed E-state index contributed by atoms with van der Waals surface area (Å²) in [5.74, 6) is -0.796. The number of hydrogen-bond donors (Lipinski definition) is 2. The van der Waals surface area contributed by atoms with Gasteiger partial charge in [0.2, 0.25) is 0 Å². The molecule has 0 radical (unpaired) electrons. The third-order valence-corrected chi connectivity index (χ3v) is 3.22. The van der Waals surface area contributed by atoms with Gasteiger partial charge in [0.1, 0.15) is 6.04 Å². The van der Waals surface area contributed by atoms with E-state index in [0.717, 1.165) is 6.42 Å². The van der Waals surface area contributed by atoms with Gasteiger partial charge in [0.15, 0.2) is 0 Å². The van der Waals surface area contributed by atoms with Gasteiger partial charge in [0, 0.05) is 19.7 Å². The molecule has 0 aromatic carbocycles. The van der Waals surface area contributed by atoms with Gasteiger partial charge in [0.25, 0.3) is 0 Å². The van der Waals surface area contributed by atoms with Crippen molar-refractivity contribution in [2.75, 3.05) is 20.3 Å². The summed E-state index contributed by atoms with van der Waals surface area (Å²) in [7, 11) is 1.57. The summed E-state index contributed by atoms with van der Waals surface area (Å²) >= 11 is 0. The Labute approximate surface area is 121 Å². The van der Waals surface area contributed by atoms with Crippen LogP contribution in [0.5, 0.6) is 0 Å². The topological polar surface area (TPSA) is 78.9 Å². The van der Waals surface area contributed by atoms with Crippen molar-refractivity contribution in [3.63, 3.8) is 0 Å². The molecule has 0 aromatic rings. The van der Waals surface area contributed by atoms with Gasteiger partial charge < -0.3 is 20.1 Å². The summed E-state index contributed by atoms with van der Waals surface area (Å²) in [4.78, 5) is 25.1. The van der Waals surface area contributed by atoms with E-state index in [9.17, 15) is 9.59 Å². The first-order valence-electron chi connectivity index (χ1n) is 7.12. The van der Waals surface area contributed by atoms with Crippen LogP contribution in [0.15, 0.2) is 0 Å². The molecule has 0 fully saturated rings. The van der Waals surface area contributed by atoms with E-state index in [2.05, 4.69) is 5.32 Å². The predicted molar refractivity (Wildman–Crippen MR) is 77.7 cm³/mol. The number of amides is 2. The van der Waals surface area contributed by atoms with Crippen LogP contribution in [0.1, 0.15) is 40.5 Å². The van der Waals surface area contributed by atoms with E-state index >= 15 is 0 Å². The minimum absolute atomic E-state index is 0.0404. The van der Waals surface area contributed by atoms with E-state index in [1.54, 1.807) is 12.0 Å².